The van der Waals surface area contributed by atoms with Gasteiger partial charge in [0.2, 0.25) is 0 Å². The van der Waals surface area contributed by atoms with Gasteiger partial charge in [-0.15, -0.1) is 0 Å². The van der Waals surface area contributed by atoms with Gasteiger partial charge in [-0.25, -0.2) is 4.79 Å². The highest BCUT2D eigenvalue weighted by Gasteiger charge is 2.72. The molecule has 14 atom stereocenters. The van der Waals surface area contributed by atoms with Gasteiger partial charge in [-0.3, -0.25) is 9.80 Å². The van der Waals surface area contributed by atoms with E-state index in [2.05, 4.69) is 80.3 Å². The average molecular weight is 721 g/mol. The second-order valence-electron chi connectivity index (χ2n) is 20.8. The summed E-state index contributed by atoms with van der Waals surface area (Å²) < 4.78 is 0. The fourth-order valence-corrected chi connectivity index (χ4v) is 18.2. The van der Waals surface area contributed by atoms with Crippen LogP contribution in [0.15, 0.2) is 60.7 Å². The summed E-state index contributed by atoms with van der Waals surface area (Å²) in [5, 5.41) is 0. The molecule has 282 valence electrons. The normalized spacial score (nSPS) is 47.5. The molecule has 0 radical (unpaired) electrons. The van der Waals surface area contributed by atoms with E-state index in [0.717, 1.165) is 17.6 Å². The zero-order valence-electron chi connectivity index (χ0n) is 32.6. The summed E-state index contributed by atoms with van der Waals surface area (Å²) in [6.45, 7) is 1.31. The number of fused-ring (bicyclic) bond motifs is 8. The summed E-state index contributed by atoms with van der Waals surface area (Å²) >= 11 is 0. The first kappa shape index (κ1) is 32.8. The van der Waals surface area contributed by atoms with Gasteiger partial charge in [0.15, 0.2) is 13.4 Å². The van der Waals surface area contributed by atoms with Crippen molar-refractivity contribution >= 4 is 30.4 Å². The smallest absolute Gasteiger partial charge is 0.315 e. The highest BCUT2D eigenvalue weighted by molar-refractivity contribution is 6.77. The van der Waals surface area contributed by atoms with E-state index >= 15 is 4.79 Å². The van der Waals surface area contributed by atoms with Crippen molar-refractivity contribution in [2.45, 2.75) is 199 Å². The summed E-state index contributed by atoms with van der Waals surface area (Å²) in [5.74, 6) is 4.38. The molecule has 5 saturated heterocycles. The standard InChI is InChI=1S/C47H62B2N4O/c54-47-52-38-23-11-19-34-43(38)50(36-21-9-7-17-32(36)48(34)30-13-3-1-4-14-30)40-27-25-29-26-28-41-46(42(29)45(40)52)53(47)39-24-12-20-35-44(39)51(41)37-22-10-8-18-33(37)49(35)31-15-5-2-6-16-31/h1-6,13-16,29,32-46H,7-12,17-28H2. The van der Waals surface area contributed by atoms with E-state index in [0.29, 0.717) is 97.4 Å². The van der Waals surface area contributed by atoms with Crippen LogP contribution in [0.2, 0.25) is 23.3 Å². The van der Waals surface area contributed by atoms with E-state index in [4.69, 9.17) is 0 Å². The Labute approximate surface area is 325 Å². The lowest BCUT2D eigenvalue weighted by Gasteiger charge is -2.76. The maximum absolute atomic E-state index is 16.1. The Bertz CT molecular complexity index is 1640. The van der Waals surface area contributed by atoms with Crippen LogP contribution in [0.4, 0.5) is 4.79 Å². The fraction of sp³-hybridized carbons (Fsp3) is 0.723. The lowest BCUT2D eigenvalue weighted by molar-refractivity contribution is -0.210. The largest absolute Gasteiger partial charge is 0.321 e. The first-order chi connectivity index (χ1) is 26.8. The van der Waals surface area contributed by atoms with Crippen molar-refractivity contribution in [1.82, 2.24) is 19.6 Å². The molecule has 7 heteroatoms. The Morgan fingerprint density at radius 1 is 0.407 bits per heavy atom. The zero-order valence-corrected chi connectivity index (χ0v) is 32.6. The molecule has 0 aromatic heterocycles. The lowest BCUT2D eigenvalue weighted by Crippen LogP contribution is -2.88. The predicted octanol–water partition coefficient (Wildman–Crippen LogP) is 7.69. The summed E-state index contributed by atoms with van der Waals surface area (Å²) in [6.07, 6.45) is 24.5. The van der Waals surface area contributed by atoms with Gasteiger partial charge in [0, 0.05) is 54.3 Å². The third-order valence-corrected chi connectivity index (χ3v) is 19.3. The molecule has 6 saturated carbocycles. The number of hydrogen-bond donors (Lipinski definition) is 0. The van der Waals surface area contributed by atoms with Gasteiger partial charge in [-0.1, -0.05) is 136 Å². The monoisotopic (exact) mass is 721 g/mol. The van der Waals surface area contributed by atoms with Gasteiger partial charge in [0.1, 0.15) is 0 Å². The van der Waals surface area contributed by atoms with Crippen molar-refractivity contribution in [3.8, 4) is 0 Å². The minimum absolute atomic E-state index is 0.398. The van der Waals surface area contributed by atoms with Crippen LogP contribution in [-0.4, -0.2) is 99.5 Å². The quantitative estimate of drug-likeness (QED) is 0.299. The number of benzene rings is 2. The van der Waals surface area contributed by atoms with Crippen LogP contribution in [0.25, 0.3) is 0 Å². The number of amides is 2. The SMILES string of the molecule is O=C1N2C3CCCC4B(c5ccccc5)C5CCCCC5N(C5CCC6CCC7C(C6C52)N1C1CCCC2B(c5ccccc5)C5CCCCC5N7C21)C43. The zero-order chi connectivity index (χ0) is 35.2. The highest BCUT2D eigenvalue weighted by atomic mass is 16.2. The molecule has 6 aliphatic carbocycles. The minimum atomic E-state index is 0.398. The Morgan fingerprint density at radius 2 is 0.833 bits per heavy atom. The molecule has 2 amide bonds. The van der Waals surface area contributed by atoms with Gasteiger partial charge in [0.05, 0.1) is 12.1 Å². The van der Waals surface area contributed by atoms with E-state index in [1.807, 2.05) is 0 Å². The maximum Gasteiger partial charge on any atom is 0.321 e. The van der Waals surface area contributed by atoms with Crippen molar-refractivity contribution in [3.05, 3.63) is 60.7 Å². The van der Waals surface area contributed by atoms with Gasteiger partial charge < -0.3 is 9.80 Å². The Hall–Kier alpha value is -2.24. The molecule has 0 N–H and O–H groups in total. The number of carbonyl (C=O) groups is 1. The molecule has 2 aromatic rings. The highest BCUT2D eigenvalue weighted by Crippen LogP contribution is 2.63. The molecule has 54 heavy (non-hydrogen) atoms. The molecule has 11 fully saturated rings. The number of nitrogens with zero attached hydrogens (tertiary/aromatic N) is 4. The fourth-order valence-electron chi connectivity index (χ4n) is 18.2. The summed E-state index contributed by atoms with van der Waals surface area (Å²) in [7, 11) is 0. The number of hydrogen-bond acceptors (Lipinski definition) is 3. The number of urea groups is 1. The van der Waals surface area contributed by atoms with Gasteiger partial charge in [-0.05, 0) is 80.6 Å². The molecule has 13 rings (SSSR count). The molecule has 0 spiro atoms. The number of carbonyl (C=O) groups excluding carboxylic acids is 1. The minimum Gasteiger partial charge on any atom is -0.315 e. The van der Waals surface area contributed by atoms with E-state index in [1.54, 1.807) is 10.9 Å². The van der Waals surface area contributed by atoms with Crippen molar-refractivity contribution in [1.29, 1.82) is 0 Å². The Morgan fingerprint density at radius 3 is 1.31 bits per heavy atom. The summed E-state index contributed by atoms with van der Waals surface area (Å²) in [5.41, 5.74) is 3.22. The Balaban J connectivity index is 0.945. The second kappa shape index (κ2) is 12.4. The molecule has 5 nitrogen and oxygen atoms in total. The number of rotatable bonds is 2. The average Bonchev–Trinajstić information content (AvgIpc) is 3.23. The molecular formula is C47H62B2N4O. The third kappa shape index (κ3) is 4.31. The van der Waals surface area contributed by atoms with Crippen molar-refractivity contribution in [3.63, 3.8) is 0 Å². The number of piperazine rings is 2. The Kier molecular flexibility index (Phi) is 7.52. The van der Waals surface area contributed by atoms with Crippen molar-refractivity contribution in [2.24, 2.45) is 11.8 Å². The van der Waals surface area contributed by atoms with Gasteiger partial charge in [-0.2, -0.15) is 0 Å². The van der Waals surface area contributed by atoms with E-state index in [9.17, 15) is 0 Å². The van der Waals surface area contributed by atoms with Crippen molar-refractivity contribution < 1.29 is 4.79 Å². The van der Waals surface area contributed by atoms with Crippen LogP contribution < -0.4 is 10.9 Å². The van der Waals surface area contributed by atoms with E-state index in [1.165, 1.54) is 116 Å². The molecule has 0 bridgehead atoms. The molecule has 14 unspecified atom stereocenters. The third-order valence-electron chi connectivity index (χ3n) is 19.3. The molecule has 5 aliphatic heterocycles. The van der Waals surface area contributed by atoms with Crippen molar-refractivity contribution in [2.75, 3.05) is 0 Å². The van der Waals surface area contributed by atoms with Crippen LogP contribution >= 0.6 is 0 Å². The van der Waals surface area contributed by atoms with Crippen LogP contribution in [-0.2, 0) is 0 Å². The second-order valence-corrected chi connectivity index (χ2v) is 20.8. The molecule has 5 heterocycles. The molecule has 2 aromatic carbocycles. The first-order valence-corrected chi connectivity index (χ1v) is 23.5. The van der Waals surface area contributed by atoms with Gasteiger partial charge >= 0.3 is 6.03 Å². The van der Waals surface area contributed by atoms with Crippen LogP contribution in [0.1, 0.15) is 116 Å². The summed E-state index contributed by atoms with van der Waals surface area (Å²) in [6, 6.07) is 29.5. The lowest BCUT2D eigenvalue weighted by atomic mass is 9.24. The van der Waals surface area contributed by atoms with E-state index < -0.39 is 0 Å². The van der Waals surface area contributed by atoms with E-state index in [-0.39, 0.29) is 0 Å². The maximum atomic E-state index is 16.1. The predicted molar refractivity (Wildman–Crippen MR) is 219 cm³/mol. The van der Waals surface area contributed by atoms with Gasteiger partial charge in [0.25, 0.3) is 0 Å². The topological polar surface area (TPSA) is 30.0 Å². The summed E-state index contributed by atoms with van der Waals surface area (Å²) in [4.78, 5) is 28.2. The molecule has 11 aliphatic rings. The first-order valence-electron chi connectivity index (χ1n) is 23.5. The molecular weight excluding hydrogens is 658 g/mol. The van der Waals surface area contributed by atoms with Crippen LogP contribution in [0, 0.1) is 11.8 Å². The van der Waals surface area contributed by atoms with Crippen LogP contribution in [0.3, 0.4) is 0 Å². The van der Waals surface area contributed by atoms with Crippen LogP contribution in [0.5, 0.6) is 0 Å².